The van der Waals surface area contributed by atoms with E-state index in [4.69, 9.17) is 0 Å². The first-order chi connectivity index (χ1) is 10.5. The summed E-state index contributed by atoms with van der Waals surface area (Å²) >= 11 is 0. The predicted molar refractivity (Wildman–Crippen MR) is 97.0 cm³/mol. The van der Waals surface area contributed by atoms with E-state index in [1.807, 2.05) is 6.92 Å². The molecule has 0 saturated carbocycles. The summed E-state index contributed by atoms with van der Waals surface area (Å²) in [7, 11) is -3.76. The molecule has 1 aromatic heterocycles. The molecule has 0 unspecified atom stereocenters. The minimum atomic E-state index is -3.76. The predicted octanol–water partition coefficient (Wildman–Crippen LogP) is 2.59. The van der Waals surface area contributed by atoms with Crippen LogP contribution in [0, 0.1) is 5.82 Å². The number of rotatable bonds is 2. The molecule has 0 aliphatic carbocycles. The molecule has 3 rings (SSSR count). The van der Waals surface area contributed by atoms with Gasteiger partial charge in [-0.25, -0.2) is 12.8 Å². The van der Waals surface area contributed by atoms with Crippen LogP contribution in [0.1, 0.15) is 13.3 Å². The summed E-state index contributed by atoms with van der Waals surface area (Å²) in [5.74, 6) is -0.614. The van der Waals surface area contributed by atoms with Crippen molar-refractivity contribution in [3.63, 3.8) is 0 Å². The van der Waals surface area contributed by atoms with Gasteiger partial charge in [0.2, 0.25) is 10.0 Å². The molecule has 0 bridgehead atoms. The van der Waals surface area contributed by atoms with Crippen molar-refractivity contribution in [2.24, 2.45) is 0 Å². The van der Waals surface area contributed by atoms with Crippen LogP contribution >= 0.6 is 24.8 Å². The van der Waals surface area contributed by atoms with Crippen LogP contribution in [0.15, 0.2) is 35.5 Å². The van der Waals surface area contributed by atoms with Crippen LogP contribution in [-0.4, -0.2) is 43.4 Å². The van der Waals surface area contributed by atoms with Crippen molar-refractivity contribution >= 4 is 45.6 Å². The maximum Gasteiger partial charge on any atom is 0.244 e. The van der Waals surface area contributed by atoms with Gasteiger partial charge < -0.3 is 5.32 Å². The maximum absolute atomic E-state index is 14.2. The Kier molecular flexibility index (Phi) is 7.37. The van der Waals surface area contributed by atoms with Gasteiger partial charge in [0, 0.05) is 36.1 Å². The first-order valence-corrected chi connectivity index (χ1v) is 8.70. The highest BCUT2D eigenvalue weighted by Gasteiger charge is 2.31. The monoisotopic (exact) mass is 395 g/mol. The SMILES string of the molecule is C[C@H]1CNCCCN1S(=O)(=O)c1cccc2cncc(F)c12.Cl.Cl. The van der Waals surface area contributed by atoms with E-state index >= 15 is 0 Å². The second kappa shape index (κ2) is 8.40. The van der Waals surface area contributed by atoms with Crippen molar-refractivity contribution in [1.82, 2.24) is 14.6 Å². The molecule has 0 amide bonds. The third-order valence-corrected chi connectivity index (χ3v) is 6.00. The zero-order valence-electron chi connectivity index (χ0n) is 13.1. The number of nitrogens with zero attached hydrogens (tertiary/aromatic N) is 2. The van der Waals surface area contributed by atoms with Crippen molar-refractivity contribution in [2.75, 3.05) is 19.6 Å². The summed E-state index contributed by atoms with van der Waals surface area (Å²) in [6.45, 7) is 3.66. The fourth-order valence-corrected chi connectivity index (χ4v) is 4.74. The lowest BCUT2D eigenvalue weighted by Crippen LogP contribution is -2.41. The van der Waals surface area contributed by atoms with Gasteiger partial charge in [-0.05, 0) is 26.0 Å². The Morgan fingerprint density at radius 1 is 1.29 bits per heavy atom. The van der Waals surface area contributed by atoms with E-state index in [9.17, 15) is 12.8 Å². The van der Waals surface area contributed by atoms with Crippen LogP contribution in [0.5, 0.6) is 0 Å². The quantitative estimate of drug-likeness (QED) is 0.848. The van der Waals surface area contributed by atoms with E-state index in [1.165, 1.54) is 16.6 Å². The zero-order chi connectivity index (χ0) is 15.7. The first kappa shape index (κ1) is 21.1. The molecule has 24 heavy (non-hydrogen) atoms. The van der Waals surface area contributed by atoms with Crippen LogP contribution in [0.2, 0.25) is 0 Å². The van der Waals surface area contributed by atoms with Crippen LogP contribution in [-0.2, 0) is 10.0 Å². The number of hydrogen-bond acceptors (Lipinski definition) is 4. The summed E-state index contributed by atoms with van der Waals surface area (Å²) < 4.78 is 41.7. The number of sulfonamides is 1. The molecule has 1 fully saturated rings. The summed E-state index contributed by atoms with van der Waals surface area (Å²) in [4.78, 5) is 3.80. The normalized spacial score (nSPS) is 19.2. The van der Waals surface area contributed by atoms with Crippen LogP contribution in [0.4, 0.5) is 4.39 Å². The number of nitrogens with one attached hydrogen (secondary N) is 1. The third kappa shape index (κ3) is 3.81. The van der Waals surface area contributed by atoms with Crippen LogP contribution in [0.25, 0.3) is 10.8 Å². The van der Waals surface area contributed by atoms with E-state index < -0.39 is 15.8 Å². The van der Waals surface area contributed by atoms with Crippen molar-refractivity contribution in [3.8, 4) is 0 Å². The van der Waals surface area contributed by atoms with Gasteiger partial charge >= 0.3 is 0 Å². The number of fused-ring (bicyclic) bond motifs is 1. The Balaban J connectivity index is 0.00000144. The Morgan fingerprint density at radius 2 is 2.04 bits per heavy atom. The van der Waals surface area contributed by atoms with E-state index in [2.05, 4.69) is 10.3 Å². The molecule has 1 aliphatic heterocycles. The van der Waals surface area contributed by atoms with Crippen molar-refractivity contribution in [1.29, 1.82) is 0 Å². The molecule has 5 nitrogen and oxygen atoms in total. The summed E-state index contributed by atoms with van der Waals surface area (Å²) in [6, 6.07) is 4.58. The summed E-state index contributed by atoms with van der Waals surface area (Å²) in [5, 5.41) is 3.81. The molecule has 1 N–H and O–H groups in total. The average Bonchev–Trinajstić information content (AvgIpc) is 2.72. The van der Waals surface area contributed by atoms with E-state index in [0.29, 0.717) is 18.5 Å². The number of pyridine rings is 1. The molecule has 1 aliphatic rings. The Hall–Kier alpha value is -0.990. The molecule has 1 saturated heterocycles. The molecule has 0 spiro atoms. The smallest absolute Gasteiger partial charge is 0.244 e. The molecule has 2 heterocycles. The van der Waals surface area contributed by atoms with E-state index in [0.717, 1.165) is 19.2 Å². The zero-order valence-corrected chi connectivity index (χ0v) is 15.6. The van der Waals surface area contributed by atoms with Gasteiger partial charge in [-0.15, -0.1) is 24.8 Å². The molecule has 1 aromatic carbocycles. The highest BCUT2D eigenvalue weighted by atomic mass is 35.5. The van der Waals surface area contributed by atoms with Gasteiger partial charge in [0.1, 0.15) is 0 Å². The summed E-state index contributed by atoms with van der Waals surface area (Å²) in [5.41, 5.74) is 0. The number of hydrogen-bond donors (Lipinski definition) is 1. The molecule has 0 radical (unpaired) electrons. The number of halogens is 3. The van der Waals surface area contributed by atoms with Gasteiger partial charge in [-0.3, -0.25) is 4.98 Å². The number of aromatic nitrogens is 1. The Labute approximate surface area is 153 Å². The lowest BCUT2D eigenvalue weighted by molar-refractivity contribution is 0.353. The van der Waals surface area contributed by atoms with Gasteiger partial charge in [0.25, 0.3) is 0 Å². The highest BCUT2D eigenvalue weighted by Crippen LogP contribution is 2.28. The molecular formula is C15H20Cl2FN3O2S. The van der Waals surface area contributed by atoms with Gasteiger partial charge in [0.05, 0.1) is 11.1 Å². The maximum atomic E-state index is 14.2. The van der Waals surface area contributed by atoms with Crippen molar-refractivity contribution in [2.45, 2.75) is 24.3 Å². The molecule has 134 valence electrons. The van der Waals surface area contributed by atoms with E-state index in [-0.39, 0.29) is 41.1 Å². The molecular weight excluding hydrogens is 376 g/mol. The third-order valence-electron chi connectivity index (χ3n) is 3.95. The Morgan fingerprint density at radius 3 is 2.79 bits per heavy atom. The standard InChI is InChI=1S/C15H18FN3O2S.2ClH/c1-11-8-17-6-3-7-19(11)22(20,21)14-5-2-4-12-9-18-10-13(16)15(12)14;;/h2,4-5,9-11,17H,3,6-8H2,1H3;2*1H/t11-;;/m0../s1. The first-order valence-electron chi connectivity index (χ1n) is 7.26. The van der Waals surface area contributed by atoms with Gasteiger partial charge in [0.15, 0.2) is 5.82 Å². The van der Waals surface area contributed by atoms with Gasteiger partial charge in [-0.1, -0.05) is 12.1 Å². The van der Waals surface area contributed by atoms with E-state index in [1.54, 1.807) is 12.1 Å². The van der Waals surface area contributed by atoms with Crippen LogP contribution < -0.4 is 5.32 Å². The van der Waals surface area contributed by atoms with Gasteiger partial charge in [-0.2, -0.15) is 4.31 Å². The second-order valence-electron chi connectivity index (χ2n) is 5.50. The summed E-state index contributed by atoms with van der Waals surface area (Å²) in [6.07, 6.45) is 3.26. The lowest BCUT2D eigenvalue weighted by atomic mass is 10.2. The van der Waals surface area contributed by atoms with Crippen molar-refractivity contribution < 1.29 is 12.8 Å². The topological polar surface area (TPSA) is 62.3 Å². The fraction of sp³-hybridized carbons (Fsp3) is 0.400. The molecule has 1 atom stereocenters. The van der Waals surface area contributed by atoms with Crippen LogP contribution in [0.3, 0.4) is 0 Å². The second-order valence-corrected chi connectivity index (χ2v) is 7.36. The Bertz CT molecular complexity index is 799. The minimum Gasteiger partial charge on any atom is -0.315 e. The molecule has 2 aromatic rings. The average molecular weight is 396 g/mol. The fourth-order valence-electron chi connectivity index (χ4n) is 2.85. The van der Waals surface area contributed by atoms with Crippen molar-refractivity contribution in [3.05, 3.63) is 36.4 Å². The minimum absolute atomic E-state index is 0. The highest BCUT2D eigenvalue weighted by molar-refractivity contribution is 7.89. The number of benzene rings is 1. The lowest BCUT2D eigenvalue weighted by Gasteiger charge is -2.26. The largest absolute Gasteiger partial charge is 0.315 e. The molecule has 9 heteroatoms.